The van der Waals surface area contributed by atoms with E-state index in [1.165, 1.54) is 0 Å². The molecule has 0 amide bonds. The predicted molar refractivity (Wildman–Crippen MR) is 83.6 cm³/mol. The number of nitrogens with one attached hydrogen (secondary N) is 1. The number of carbonyl (C=O) groups is 1. The van der Waals surface area contributed by atoms with Crippen LogP contribution in [0.25, 0.3) is 0 Å². The van der Waals surface area contributed by atoms with Crippen molar-refractivity contribution in [2.24, 2.45) is 5.41 Å². The van der Waals surface area contributed by atoms with Gasteiger partial charge in [0, 0.05) is 12.1 Å². The average molecular weight is 279 g/mol. The van der Waals surface area contributed by atoms with Crippen molar-refractivity contribution in [1.29, 1.82) is 0 Å². The Bertz CT molecular complexity index is 426. The minimum atomic E-state index is -0.552. The van der Waals surface area contributed by atoms with Gasteiger partial charge in [0.2, 0.25) is 0 Å². The van der Waals surface area contributed by atoms with E-state index in [1.807, 2.05) is 38.1 Å². The summed E-state index contributed by atoms with van der Waals surface area (Å²) >= 11 is 0. The van der Waals surface area contributed by atoms with Crippen LogP contribution in [0.4, 0.5) is 5.69 Å². The normalized spacial score (nSPS) is 13.5. The van der Waals surface area contributed by atoms with Gasteiger partial charge in [0.1, 0.15) is 6.29 Å². The minimum absolute atomic E-state index is 0.174. The zero-order chi connectivity index (χ0) is 14.3. The van der Waals surface area contributed by atoms with Crippen molar-refractivity contribution in [1.82, 2.24) is 0 Å². The van der Waals surface area contributed by atoms with Crippen molar-refractivity contribution in [3.05, 3.63) is 36.5 Å². The number of aldehydes is 1. The second-order valence-electron chi connectivity index (χ2n) is 5.43. The van der Waals surface area contributed by atoms with E-state index >= 15 is 0 Å². The van der Waals surface area contributed by atoms with E-state index in [0.29, 0.717) is 12.8 Å². The Morgan fingerprint density at radius 1 is 1.37 bits per heavy atom. The van der Waals surface area contributed by atoms with Crippen LogP contribution in [0.3, 0.4) is 0 Å². The van der Waals surface area contributed by atoms with Crippen LogP contribution in [-0.4, -0.2) is 17.5 Å². The van der Waals surface area contributed by atoms with Crippen LogP contribution in [0, 0.1) is 5.41 Å². The summed E-state index contributed by atoms with van der Waals surface area (Å²) < 4.78 is 0. The van der Waals surface area contributed by atoms with Crippen LogP contribution < -0.4 is 10.6 Å². The Morgan fingerprint density at radius 3 is 2.58 bits per heavy atom. The summed E-state index contributed by atoms with van der Waals surface area (Å²) in [6.07, 6.45) is 4.82. The molecule has 19 heavy (non-hydrogen) atoms. The van der Waals surface area contributed by atoms with E-state index in [2.05, 4.69) is 14.6 Å². The summed E-state index contributed by atoms with van der Waals surface area (Å²) in [5.74, 6) is 0. The SMILES string of the molecule is CC(C)(CC=O)CC(O)/C=C/Nc1ccc(P)cc1. The molecule has 0 aliphatic rings. The fourth-order valence-electron chi connectivity index (χ4n) is 1.78. The summed E-state index contributed by atoms with van der Waals surface area (Å²) in [5, 5.41) is 14.1. The molecule has 0 heterocycles. The molecule has 0 bridgehead atoms. The third-order valence-electron chi connectivity index (χ3n) is 2.88. The molecule has 3 nitrogen and oxygen atoms in total. The first-order chi connectivity index (χ1) is 8.93. The van der Waals surface area contributed by atoms with Gasteiger partial charge in [-0.2, -0.15) is 0 Å². The van der Waals surface area contributed by atoms with Crippen LogP contribution in [0.5, 0.6) is 0 Å². The summed E-state index contributed by atoms with van der Waals surface area (Å²) in [6.45, 7) is 3.95. The Balaban J connectivity index is 2.43. The quantitative estimate of drug-likeness (QED) is 0.595. The van der Waals surface area contributed by atoms with Gasteiger partial charge >= 0.3 is 0 Å². The fraction of sp³-hybridized carbons (Fsp3) is 0.400. The lowest BCUT2D eigenvalue weighted by Gasteiger charge is -2.23. The van der Waals surface area contributed by atoms with E-state index in [-0.39, 0.29) is 5.41 Å². The molecular weight excluding hydrogens is 257 g/mol. The van der Waals surface area contributed by atoms with Crippen molar-refractivity contribution in [3.8, 4) is 0 Å². The third kappa shape index (κ3) is 6.51. The monoisotopic (exact) mass is 279 g/mol. The van der Waals surface area contributed by atoms with Crippen LogP contribution >= 0.6 is 9.24 Å². The lowest BCUT2D eigenvalue weighted by atomic mass is 9.84. The molecule has 0 aromatic heterocycles. The molecule has 0 saturated carbocycles. The minimum Gasteiger partial charge on any atom is -0.389 e. The molecule has 0 fully saturated rings. The highest BCUT2D eigenvalue weighted by Crippen LogP contribution is 2.25. The Hall–Kier alpha value is -1.18. The van der Waals surface area contributed by atoms with Gasteiger partial charge in [-0.25, -0.2) is 0 Å². The number of anilines is 1. The third-order valence-corrected chi connectivity index (χ3v) is 3.26. The van der Waals surface area contributed by atoms with E-state index < -0.39 is 6.10 Å². The van der Waals surface area contributed by atoms with Crippen molar-refractivity contribution >= 4 is 26.5 Å². The summed E-state index contributed by atoms with van der Waals surface area (Å²) in [4.78, 5) is 10.5. The lowest BCUT2D eigenvalue weighted by molar-refractivity contribution is -0.109. The molecule has 2 atom stereocenters. The molecule has 1 rings (SSSR count). The molecule has 0 saturated heterocycles. The highest BCUT2D eigenvalue weighted by molar-refractivity contribution is 7.27. The van der Waals surface area contributed by atoms with E-state index in [4.69, 9.17) is 0 Å². The van der Waals surface area contributed by atoms with Crippen molar-refractivity contribution < 1.29 is 9.90 Å². The van der Waals surface area contributed by atoms with Crippen LogP contribution in [-0.2, 0) is 4.79 Å². The number of aliphatic hydroxyl groups is 1. The maximum atomic E-state index is 10.5. The highest BCUT2D eigenvalue weighted by Gasteiger charge is 2.20. The number of carbonyl (C=O) groups excluding carboxylic acids is 1. The standard InChI is InChI=1S/C15H22NO2P/c1-15(2,8-10-17)11-13(18)7-9-16-12-3-5-14(19)6-4-12/h3-7,9-10,13,16,18H,8,11,19H2,1-2H3/b9-7+. The van der Waals surface area contributed by atoms with Gasteiger partial charge in [-0.1, -0.05) is 26.0 Å². The predicted octanol–water partition coefficient (Wildman–Crippen LogP) is 2.48. The molecule has 104 valence electrons. The highest BCUT2D eigenvalue weighted by atomic mass is 31.0. The van der Waals surface area contributed by atoms with Gasteiger partial charge < -0.3 is 15.2 Å². The van der Waals surface area contributed by atoms with Crippen molar-refractivity contribution in [3.63, 3.8) is 0 Å². The van der Waals surface area contributed by atoms with Crippen LogP contribution in [0.2, 0.25) is 0 Å². The van der Waals surface area contributed by atoms with Gasteiger partial charge in [-0.05, 0) is 41.5 Å². The number of rotatable bonds is 7. The first kappa shape index (κ1) is 15.9. The molecule has 2 N–H and O–H groups in total. The molecule has 4 heteroatoms. The summed E-state index contributed by atoms with van der Waals surface area (Å²) in [6, 6.07) is 7.92. The molecule has 0 aliphatic heterocycles. The Labute approximate surface area is 117 Å². The molecule has 0 radical (unpaired) electrons. The number of benzene rings is 1. The van der Waals surface area contributed by atoms with Crippen molar-refractivity contribution in [2.75, 3.05) is 5.32 Å². The number of hydrogen-bond acceptors (Lipinski definition) is 3. The van der Waals surface area contributed by atoms with Gasteiger partial charge in [0.15, 0.2) is 0 Å². The van der Waals surface area contributed by atoms with E-state index in [0.717, 1.165) is 17.3 Å². The van der Waals surface area contributed by atoms with Crippen molar-refractivity contribution in [2.45, 2.75) is 32.8 Å². The zero-order valence-corrected chi connectivity index (χ0v) is 12.6. The molecule has 2 unspecified atom stereocenters. The maximum Gasteiger partial charge on any atom is 0.120 e. The van der Waals surface area contributed by atoms with Crippen LogP contribution in [0.1, 0.15) is 26.7 Å². The molecule has 1 aromatic rings. The average Bonchev–Trinajstić information content (AvgIpc) is 2.30. The van der Waals surface area contributed by atoms with E-state index in [9.17, 15) is 9.90 Å². The first-order valence-electron chi connectivity index (χ1n) is 6.33. The first-order valence-corrected chi connectivity index (χ1v) is 6.91. The smallest absolute Gasteiger partial charge is 0.120 e. The summed E-state index contributed by atoms with van der Waals surface area (Å²) in [7, 11) is 2.63. The second-order valence-corrected chi connectivity index (χ2v) is 6.10. The zero-order valence-electron chi connectivity index (χ0n) is 11.5. The molecule has 1 aromatic carbocycles. The largest absolute Gasteiger partial charge is 0.389 e. The number of aliphatic hydroxyl groups excluding tert-OH is 1. The maximum absolute atomic E-state index is 10.5. The van der Waals surface area contributed by atoms with Gasteiger partial charge in [-0.15, -0.1) is 9.24 Å². The topological polar surface area (TPSA) is 49.3 Å². The lowest BCUT2D eigenvalue weighted by Crippen LogP contribution is -2.19. The van der Waals surface area contributed by atoms with Gasteiger partial charge in [0.25, 0.3) is 0 Å². The van der Waals surface area contributed by atoms with Gasteiger partial charge in [0.05, 0.1) is 6.10 Å². The Kier molecular flexibility index (Phi) is 6.20. The molecule has 0 aliphatic carbocycles. The van der Waals surface area contributed by atoms with Gasteiger partial charge in [-0.3, -0.25) is 0 Å². The summed E-state index contributed by atoms with van der Waals surface area (Å²) in [5.41, 5.74) is 0.800. The molecular formula is C15H22NO2P. The second kappa shape index (κ2) is 7.42. The number of hydrogen-bond donors (Lipinski definition) is 2. The Morgan fingerprint density at radius 2 is 2.00 bits per heavy atom. The van der Waals surface area contributed by atoms with E-state index in [1.54, 1.807) is 12.3 Å². The molecule has 0 spiro atoms. The fourth-order valence-corrected chi connectivity index (χ4v) is 1.97. The van der Waals surface area contributed by atoms with Crippen LogP contribution in [0.15, 0.2) is 36.5 Å².